The van der Waals surface area contributed by atoms with Gasteiger partial charge in [0.25, 0.3) is 0 Å². The molecule has 11 heavy (non-hydrogen) atoms. The maximum absolute atomic E-state index is 10.9. The van der Waals surface area contributed by atoms with Crippen LogP contribution in [0.4, 0.5) is 0 Å². The molecule has 3 heteroatoms. The molecule has 0 amide bonds. The smallest absolute Gasteiger partial charge is 0.338 e. The third-order valence-corrected chi connectivity index (χ3v) is 1.80. The number of esters is 1. The molecule has 1 N–H and O–H groups in total. The van der Waals surface area contributed by atoms with E-state index in [1.807, 2.05) is 13.8 Å². The zero-order valence-electron chi connectivity index (χ0n) is 6.92. The first-order valence-corrected chi connectivity index (χ1v) is 3.64. The number of ether oxygens (including phenoxy) is 1. The molecule has 0 aromatic carbocycles. The predicted molar refractivity (Wildman–Crippen MR) is 40.0 cm³/mol. The van der Waals surface area contributed by atoms with E-state index < -0.39 is 12.1 Å². The Hall–Kier alpha value is -0.990. The van der Waals surface area contributed by atoms with Crippen LogP contribution in [-0.4, -0.2) is 17.2 Å². The third kappa shape index (κ3) is 1.23. The number of carbonyl (C=O) groups excluding carboxylic acids is 1. The molecule has 1 aliphatic rings. The Labute approximate surface area is 65.7 Å². The Balaban J connectivity index is 2.86. The molecule has 1 heterocycles. The molecule has 0 radical (unpaired) electrons. The van der Waals surface area contributed by atoms with Crippen molar-refractivity contribution in [1.29, 1.82) is 0 Å². The maximum Gasteiger partial charge on any atom is 0.338 e. The Morgan fingerprint density at radius 3 is 2.27 bits per heavy atom. The molecule has 0 fully saturated rings. The number of hydrogen-bond donors (Lipinski definition) is 1. The summed E-state index contributed by atoms with van der Waals surface area (Å²) < 4.78 is 4.88. The molecule has 1 atom stereocenters. The van der Waals surface area contributed by atoms with Crippen molar-refractivity contribution < 1.29 is 14.6 Å². The van der Waals surface area contributed by atoms with E-state index in [0.29, 0.717) is 5.57 Å². The van der Waals surface area contributed by atoms with Crippen LogP contribution in [0.3, 0.4) is 0 Å². The van der Waals surface area contributed by atoms with E-state index in [0.717, 1.165) is 0 Å². The van der Waals surface area contributed by atoms with Crippen molar-refractivity contribution in [3.05, 3.63) is 11.3 Å². The largest absolute Gasteiger partial charge is 0.508 e. The van der Waals surface area contributed by atoms with Crippen molar-refractivity contribution >= 4 is 5.97 Å². The topological polar surface area (TPSA) is 46.5 Å². The van der Waals surface area contributed by atoms with Gasteiger partial charge in [0.2, 0.25) is 0 Å². The molecule has 0 spiro atoms. The van der Waals surface area contributed by atoms with Crippen LogP contribution in [0.2, 0.25) is 0 Å². The number of hydrogen-bond acceptors (Lipinski definition) is 3. The van der Waals surface area contributed by atoms with Crippen LogP contribution in [0.5, 0.6) is 0 Å². The fraction of sp³-hybridized carbons (Fsp3) is 0.625. The Morgan fingerprint density at radius 1 is 1.55 bits per heavy atom. The van der Waals surface area contributed by atoms with Gasteiger partial charge in [-0.2, -0.15) is 0 Å². The summed E-state index contributed by atoms with van der Waals surface area (Å²) in [5.41, 5.74) is 0.337. The van der Waals surface area contributed by atoms with Gasteiger partial charge >= 0.3 is 5.97 Å². The monoisotopic (exact) mass is 156 g/mol. The van der Waals surface area contributed by atoms with Gasteiger partial charge in [0, 0.05) is 0 Å². The molecule has 0 saturated carbocycles. The lowest BCUT2D eigenvalue weighted by atomic mass is 10.1. The molecule has 0 aromatic rings. The molecular weight excluding hydrogens is 144 g/mol. The van der Waals surface area contributed by atoms with E-state index in [1.54, 1.807) is 6.92 Å². The lowest BCUT2D eigenvalue weighted by Crippen LogP contribution is -2.18. The van der Waals surface area contributed by atoms with E-state index in [-0.39, 0.29) is 11.7 Å². The highest BCUT2D eigenvalue weighted by molar-refractivity contribution is 5.91. The fourth-order valence-corrected chi connectivity index (χ4v) is 1.03. The zero-order chi connectivity index (χ0) is 8.59. The van der Waals surface area contributed by atoms with Crippen LogP contribution in [-0.2, 0) is 9.53 Å². The number of cyclic esters (lactones) is 1. The first kappa shape index (κ1) is 8.11. The van der Waals surface area contributed by atoms with Gasteiger partial charge in [-0.25, -0.2) is 4.79 Å². The molecule has 0 saturated heterocycles. The maximum atomic E-state index is 10.9. The molecule has 0 aromatic heterocycles. The molecule has 0 aliphatic carbocycles. The van der Waals surface area contributed by atoms with Crippen molar-refractivity contribution in [3.63, 3.8) is 0 Å². The number of aliphatic hydroxyl groups is 1. The summed E-state index contributed by atoms with van der Waals surface area (Å²) in [7, 11) is 0. The van der Waals surface area contributed by atoms with Gasteiger partial charge in [-0.1, -0.05) is 13.8 Å². The van der Waals surface area contributed by atoms with E-state index in [1.165, 1.54) is 0 Å². The van der Waals surface area contributed by atoms with Gasteiger partial charge in [0.15, 0.2) is 6.10 Å². The van der Waals surface area contributed by atoms with Crippen molar-refractivity contribution in [1.82, 2.24) is 0 Å². The second kappa shape index (κ2) is 2.57. The summed E-state index contributed by atoms with van der Waals surface area (Å²) in [5.74, 6) is -0.178. The van der Waals surface area contributed by atoms with E-state index in [4.69, 9.17) is 4.74 Å². The van der Waals surface area contributed by atoms with Gasteiger partial charge in [-0.3, -0.25) is 0 Å². The first-order valence-electron chi connectivity index (χ1n) is 3.64. The molecule has 1 rings (SSSR count). The van der Waals surface area contributed by atoms with Crippen LogP contribution in [0.15, 0.2) is 11.3 Å². The summed E-state index contributed by atoms with van der Waals surface area (Å²) in [6.45, 7) is 5.36. The highest BCUT2D eigenvalue weighted by Gasteiger charge is 2.33. The van der Waals surface area contributed by atoms with Gasteiger partial charge < -0.3 is 9.84 Å². The Morgan fingerprint density at radius 2 is 2.09 bits per heavy atom. The molecule has 0 unspecified atom stereocenters. The van der Waals surface area contributed by atoms with Crippen LogP contribution >= 0.6 is 0 Å². The minimum atomic E-state index is -0.428. The first-order chi connectivity index (χ1) is 5.04. The van der Waals surface area contributed by atoms with Crippen molar-refractivity contribution in [3.8, 4) is 0 Å². The summed E-state index contributed by atoms with van der Waals surface area (Å²) in [6.07, 6.45) is -0.428. The Kier molecular flexibility index (Phi) is 1.89. The highest BCUT2D eigenvalue weighted by atomic mass is 16.6. The summed E-state index contributed by atoms with van der Waals surface area (Å²) in [5, 5.41) is 9.33. The molecule has 1 aliphatic heterocycles. The van der Waals surface area contributed by atoms with Crippen LogP contribution < -0.4 is 0 Å². The average Bonchev–Trinajstić information content (AvgIpc) is 2.17. The quantitative estimate of drug-likeness (QED) is 0.584. The average molecular weight is 156 g/mol. The molecule has 3 nitrogen and oxygen atoms in total. The molecular formula is C8H12O3. The van der Waals surface area contributed by atoms with E-state index in [9.17, 15) is 9.90 Å². The minimum Gasteiger partial charge on any atom is -0.508 e. The summed E-state index contributed by atoms with van der Waals surface area (Å²) in [4.78, 5) is 10.9. The molecule has 62 valence electrons. The Bertz CT molecular complexity index is 215. The summed E-state index contributed by atoms with van der Waals surface area (Å²) in [6, 6.07) is 0. The fourth-order valence-electron chi connectivity index (χ4n) is 1.03. The number of carbonyl (C=O) groups is 1. The van der Waals surface area contributed by atoms with E-state index in [2.05, 4.69) is 0 Å². The lowest BCUT2D eigenvalue weighted by Gasteiger charge is -2.13. The number of aliphatic hydroxyl groups excluding tert-OH is 1. The van der Waals surface area contributed by atoms with Crippen molar-refractivity contribution in [2.24, 2.45) is 5.92 Å². The SMILES string of the molecule is CC1=C(O)[C@@H](C(C)C)OC1=O. The van der Waals surface area contributed by atoms with Crippen molar-refractivity contribution in [2.45, 2.75) is 26.9 Å². The van der Waals surface area contributed by atoms with Crippen molar-refractivity contribution in [2.75, 3.05) is 0 Å². The number of rotatable bonds is 1. The van der Waals surface area contributed by atoms with Gasteiger partial charge in [0.05, 0.1) is 5.57 Å². The van der Waals surface area contributed by atoms with Gasteiger partial charge in [0.1, 0.15) is 5.76 Å². The second-order valence-electron chi connectivity index (χ2n) is 3.08. The highest BCUT2D eigenvalue weighted by Crippen LogP contribution is 2.25. The van der Waals surface area contributed by atoms with Gasteiger partial charge in [-0.15, -0.1) is 0 Å². The molecule has 0 bridgehead atoms. The zero-order valence-corrected chi connectivity index (χ0v) is 6.92. The van der Waals surface area contributed by atoms with E-state index >= 15 is 0 Å². The van der Waals surface area contributed by atoms with Crippen LogP contribution in [0.25, 0.3) is 0 Å². The predicted octanol–water partition coefficient (Wildman–Crippen LogP) is 1.40. The van der Waals surface area contributed by atoms with Gasteiger partial charge in [-0.05, 0) is 12.8 Å². The standard InChI is InChI=1S/C8H12O3/c1-4(2)7-6(9)5(3)8(10)11-7/h4,7,9H,1-3H3/t7-/m1/s1. The minimum absolute atomic E-state index is 0.0880. The lowest BCUT2D eigenvalue weighted by molar-refractivity contribution is -0.141. The second-order valence-corrected chi connectivity index (χ2v) is 3.08. The van der Waals surface area contributed by atoms with Crippen LogP contribution in [0.1, 0.15) is 20.8 Å². The summed E-state index contributed by atoms with van der Waals surface area (Å²) >= 11 is 0. The third-order valence-electron chi connectivity index (χ3n) is 1.80. The normalized spacial score (nSPS) is 24.7. The van der Waals surface area contributed by atoms with Crippen LogP contribution in [0, 0.1) is 5.92 Å².